The van der Waals surface area contributed by atoms with E-state index in [9.17, 15) is 4.79 Å². The molecule has 1 aliphatic rings. The third-order valence-electron chi connectivity index (χ3n) is 4.93. The van der Waals surface area contributed by atoms with Crippen LogP contribution in [0.5, 0.6) is 11.5 Å². The molecule has 0 amide bonds. The topological polar surface area (TPSA) is 123 Å². The number of nitrogens with zero attached hydrogens (tertiary/aromatic N) is 3. The molecule has 0 aliphatic carbocycles. The van der Waals surface area contributed by atoms with Crippen LogP contribution < -0.4 is 20.5 Å². The number of ether oxygens (including phenoxy) is 4. The number of hydrogen-bond acceptors (Lipinski definition) is 9. The molecular formula is C24H29N5O5. The van der Waals surface area contributed by atoms with Gasteiger partial charge in [0.25, 0.3) is 5.91 Å². The minimum atomic E-state index is -0.385. The lowest BCUT2D eigenvalue weighted by Crippen LogP contribution is -2.26. The van der Waals surface area contributed by atoms with Crippen molar-refractivity contribution in [3.05, 3.63) is 54.1 Å². The van der Waals surface area contributed by atoms with Crippen molar-refractivity contribution in [2.45, 2.75) is 39.1 Å². The highest BCUT2D eigenvalue weighted by molar-refractivity contribution is 5.97. The van der Waals surface area contributed by atoms with E-state index in [1.165, 1.54) is 0 Å². The Labute approximate surface area is 198 Å². The second-order valence-corrected chi connectivity index (χ2v) is 8.01. The first-order valence-corrected chi connectivity index (χ1v) is 11.2. The lowest BCUT2D eigenvalue weighted by molar-refractivity contribution is -0.183. The molecule has 0 spiro atoms. The highest BCUT2D eigenvalue weighted by Gasteiger charge is 2.17. The van der Waals surface area contributed by atoms with Crippen molar-refractivity contribution in [1.82, 2.24) is 14.8 Å². The van der Waals surface area contributed by atoms with Crippen LogP contribution in [0.3, 0.4) is 0 Å². The van der Waals surface area contributed by atoms with E-state index in [1.807, 2.05) is 38.1 Å². The van der Waals surface area contributed by atoms with Crippen molar-refractivity contribution in [3.8, 4) is 11.5 Å². The summed E-state index contributed by atoms with van der Waals surface area (Å²) < 4.78 is 23.4. The first kappa shape index (κ1) is 23.5. The van der Waals surface area contributed by atoms with E-state index in [0.717, 1.165) is 35.8 Å². The summed E-state index contributed by atoms with van der Waals surface area (Å²) in [5.41, 5.74) is 7.08. The second kappa shape index (κ2) is 11.0. The SMILES string of the molecule is CC(C)Oc1ccc(C(=O)n2nc(Nc3ccc(OCCC4OCCCO4)cc3)nc2N)cc1. The average Bonchev–Trinajstić information content (AvgIpc) is 3.20. The van der Waals surface area contributed by atoms with E-state index in [-0.39, 0.29) is 30.2 Å². The molecule has 10 heteroatoms. The predicted octanol–water partition coefficient (Wildman–Crippen LogP) is 3.61. The monoisotopic (exact) mass is 467 g/mol. The summed E-state index contributed by atoms with van der Waals surface area (Å²) in [5.74, 6) is 1.22. The normalized spacial score (nSPS) is 14.2. The molecule has 3 N–H and O–H groups in total. The van der Waals surface area contributed by atoms with Gasteiger partial charge in [-0.3, -0.25) is 4.79 Å². The van der Waals surface area contributed by atoms with E-state index in [2.05, 4.69) is 15.4 Å². The number of benzene rings is 2. The summed E-state index contributed by atoms with van der Waals surface area (Å²) in [5, 5.41) is 7.25. The zero-order valence-corrected chi connectivity index (χ0v) is 19.3. The summed E-state index contributed by atoms with van der Waals surface area (Å²) in [6, 6.07) is 14.1. The zero-order valence-electron chi connectivity index (χ0n) is 19.3. The maximum Gasteiger partial charge on any atom is 0.281 e. The Morgan fingerprint density at radius 3 is 2.47 bits per heavy atom. The Balaban J connectivity index is 1.32. The first-order chi connectivity index (χ1) is 16.5. The van der Waals surface area contributed by atoms with Gasteiger partial charge in [0, 0.05) is 17.7 Å². The third-order valence-corrected chi connectivity index (χ3v) is 4.93. The fraction of sp³-hybridized carbons (Fsp3) is 0.375. The van der Waals surface area contributed by atoms with Gasteiger partial charge in [0.2, 0.25) is 11.9 Å². The van der Waals surface area contributed by atoms with Gasteiger partial charge in [-0.2, -0.15) is 9.67 Å². The maximum atomic E-state index is 12.8. The van der Waals surface area contributed by atoms with Crippen LogP contribution in [0.1, 0.15) is 37.0 Å². The van der Waals surface area contributed by atoms with Crippen LogP contribution >= 0.6 is 0 Å². The van der Waals surface area contributed by atoms with Crippen LogP contribution in [-0.2, 0) is 9.47 Å². The molecule has 34 heavy (non-hydrogen) atoms. The predicted molar refractivity (Wildman–Crippen MR) is 127 cm³/mol. The van der Waals surface area contributed by atoms with Gasteiger partial charge in [0.15, 0.2) is 6.29 Å². The van der Waals surface area contributed by atoms with Crippen LogP contribution in [0, 0.1) is 0 Å². The molecule has 2 heterocycles. The van der Waals surface area contributed by atoms with Crippen LogP contribution in [0.25, 0.3) is 0 Å². The molecule has 0 radical (unpaired) electrons. The third kappa shape index (κ3) is 6.24. The number of nitrogen functional groups attached to an aromatic ring is 1. The number of hydrogen-bond donors (Lipinski definition) is 2. The molecule has 180 valence electrons. The van der Waals surface area contributed by atoms with Crippen molar-refractivity contribution >= 4 is 23.5 Å². The summed E-state index contributed by atoms with van der Waals surface area (Å²) in [6.07, 6.45) is 1.45. The lowest BCUT2D eigenvalue weighted by Gasteiger charge is -2.23. The Bertz CT molecular complexity index is 1080. The van der Waals surface area contributed by atoms with E-state index in [0.29, 0.717) is 24.3 Å². The molecule has 0 unspecified atom stereocenters. The number of carbonyl (C=O) groups excluding carboxylic acids is 1. The molecule has 1 aromatic heterocycles. The molecule has 1 aliphatic heterocycles. The highest BCUT2D eigenvalue weighted by atomic mass is 16.7. The average molecular weight is 468 g/mol. The molecular weight excluding hydrogens is 438 g/mol. The minimum absolute atomic E-state index is 0.0119. The van der Waals surface area contributed by atoms with E-state index in [4.69, 9.17) is 24.7 Å². The molecule has 3 aromatic rings. The van der Waals surface area contributed by atoms with Crippen molar-refractivity contribution in [3.63, 3.8) is 0 Å². The fourth-order valence-electron chi connectivity index (χ4n) is 3.34. The number of aromatic nitrogens is 3. The summed E-state index contributed by atoms with van der Waals surface area (Å²) in [4.78, 5) is 17.0. The molecule has 4 rings (SSSR count). The Morgan fingerprint density at radius 2 is 1.79 bits per heavy atom. The van der Waals surface area contributed by atoms with Crippen molar-refractivity contribution in [1.29, 1.82) is 0 Å². The molecule has 1 fully saturated rings. The quantitative estimate of drug-likeness (QED) is 0.486. The molecule has 0 atom stereocenters. The minimum Gasteiger partial charge on any atom is -0.493 e. The fourth-order valence-corrected chi connectivity index (χ4v) is 3.34. The molecule has 2 aromatic carbocycles. The van der Waals surface area contributed by atoms with E-state index in [1.54, 1.807) is 24.3 Å². The Morgan fingerprint density at radius 1 is 1.12 bits per heavy atom. The first-order valence-electron chi connectivity index (χ1n) is 11.2. The number of rotatable bonds is 9. The molecule has 10 nitrogen and oxygen atoms in total. The number of nitrogens with two attached hydrogens (primary N) is 1. The van der Waals surface area contributed by atoms with Gasteiger partial charge in [-0.25, -0.2) is 0 Å². The van der Waals surface area contributed by atoms with E-state index >= 15 is 0 Å². The van der Waals surface area contributed by atoms with Crippen molar-refractivity contribution in [2.24, 2.45) is 0 Å². The molecule has 0 bridgehead atoms. The zero-order chi connectivity index (χ0) is 23.9. The van der Waals surface area contributed by atoms with Crippen LogP contribution in [0.15, 0.2) is 48.5 Å². The highest BCUT2D eigenvalue weighted by Crippen LogP contribution is 2.21. The smallest absolute Gasteiger partial charge is 0.281 e. The number of anilines is 3. The summed E-state index contributed by atoms with van der Waals surface area (Å²) in [7, 11) is 0. The second-order valence-electron chi connectivity index (χ2n) is 8.01. The summed E-state index contributed by atoms with van der Waals surface area (Å²) >= 11 is 0. The molecule has 0 saturated carbocycles. The van der Waals surface area contributed by atoms with Crippen LogP contribution in [0.4, 0.5) is 17.6 Å². The van der Waals surface area contributed by atoms with Gasteiger partial charge in [-0.05, 0) is 68.8 Å². The largest absolute Gasteiger partial charge is 0.493 e. The van der Waals surface area contributed by atoms with E-state index < -0.39 is 0 Å². The number of carbonyl (C=O) groups is 1. The van der Waals surface area contributed by atoms with Crippen molar-refractivity contribution in [2.75, 3.05) is 30.9 Å². The molecule has 1 saturated heterocycles. The summed E-state index contributed by atoms with van der Waals surface area (Å²) in [6.45, 7) is 5.82. The van der Waals surface area contributed by atoms with Gasteiger partial charge in [-0.1, -0.05) is 0 Å². The van der Waals surface area contributed by atoms with Gasteiger partial charge >= 0.3 is 0 Å². The Hall–Kier alpha value is -3.63. The van der Waals surface area contributed by atoms with Gasteiger partial charge < -0.3 is 30.0 Å². The maximum absolute atomic E-state index is 12.8. The van der Waals surface area contributed by atoms with Gasteiger partial charge in [0.1, 0.15) is 11.5 Å². The number of nitrogens with one attached hydrogen (secondary N) is 1. The Kier molecular flexibility index (Phi) is 7.61. The van der Waals surface area contributed by atoms with Crippen molar-refractivity contribution < 1.29 is 23.7 Å². The van der Waals surface area contributed by atoms with Crippen LogP contribution in [-0.4, -0.2) is 52.9 Å². The standard InChI is InChI=1S/C24H29N5O5/c1-16(2)34-20-8-4-17(5-9-20)22(30)29-23(25)27-24(28-29)26-18-6-10-19(11-7-18)31-15-12-21-32-13-3-14-33-21/h4-11,16,21H,3,12-15H2,1-2H3,(H3,25,26,27,28). The van der Waals surface area contributed by atoms with Gasteiger partial charge in [-0.15, -0.1) is 5.10 Å². The lowest BCUT2D eigenvalue weighted by atomic mass is 10.2. The van der Waals surface area contributed by atoms with Crippen LogP contribution in [0.2, 0.25) is 0 Å². The van der Waals surface area contributed by atoms with Gasteiger partial charge in [0.05, 0.1) is 25.9 Å².